The van der Waals surface area contributed by atoms with Crippen LogP contribution in [0.4, 0.5) is 0 Å². The maximum atomic E-state index is 13.1. The van der Waals surface area contributed by atoms with Crippen LogP contribution in [-0.2, 0) is 38.0 Å². The molecule has 0 aromatic heterocycles. The van der Waals surface area contributed by atoms with Crippen LogP contribution in [0.1, 0.15) is 251 Å². The van der Waals surface area contributed by atoms with E-state index in [0.29, 0.717) is 12.8 Å². The fourth-order valence-electron chi connectivity index (χ4n) is 9.72. The first-order chi connectivity index (χ1) is 36.5. The standard InChI is InChI=1S/C60H110O15/c1-3-5-7-9-11-13-15-17-19-21-22-23-24-25-27-28-30-32-34-36-38-40-42-51(62)70-45-48(73-52(63)43-41-39-37-35-33-31-29-26-20-18-16-14-12-10-8-6-4-2)46-71-59-58(69)56(67)54(65)50(75-59)47-72-60-57(68)55(66)53(64)49(44-61)74-60/h12,14,18,20,48-50,53-61,64-69H,3-11,13,15-17,19,21-47H2,1-2H3/b14-12+,20-18+/t48-,49+,50+,53-,54-,55?,56?,57?,58?,59+,60+/m0/s1. The molecule has 0 aliphatic carbocycles. The minimum atomic E-state index is -1.76. The first kappa shape index (κ1) is 69.1. The molecule has 0 aromatic rings. The van der Waals surface area contributed by atoms with Crippen molar-refractivity contribution in [2.24, 2.45) is 0 Å². The van der Waals surface area contributed by atoms with Gasteiger partial charge in [0.2, 0.25) is 0 Å². The second-order valence-electron chi connectivity index (χ2n) is 21.5. The highest BCUT2D eigenvalue weighted by Crippen LogP contribution is 2.27. The Morgan fingerprint density at radius 1 is 0.427 bits per heavy atom. The molecule has 15 nitrogen and oxygen atoms in total. The van der Waals surface area contributed by atoms with Crippen LogP contribution in [0.25, 0.3) is 0 Å². The lowest BCUT2D eigenvalue weighted by Crippen LogP contribution is -2.61. The molecule has 15 heteroatoms. The quantitative estimate of drug-likeness (QED) is 0.0171. The van der Waals surface area contributed by atoms with Crippen LogP contribution < -0.4 is 0 Å². The van der Waals surface area contributed by atoms with Gasteiger partial charge in [0, 0.05) is 12.8 Å². The molecule has 2 heterocycles. The predicted molar refractivity (Wildman–Crippen MR) is 294 cm³/mol. The summed E-state index contributed by atoms with van der Waals surface area (Å²) in [5.74, 6) is -0.920. The van der Waals surface area contributed by atoms with Crippen molar-refractivity contribution in [1.29, 1.82) is 0 Å². The molecule has 440 valence electrons. The molecule has 2 rings (SSSR count). The van der Waals surface area contributed by atoms with E-state index in [4.69, 9.17) is 28.4 Å². The third kappa shape index (κ3) is 33.9. The van der Waals surface area contributed by atoms with Crippen LogP contribution in [0, 0.1) is 0 Å². The zero-order chi connectivity index (χ0) is 54.6. The largest absolute Gasteiger partial charge is 0.462 e. The van der Waals surface area contributed by atoms with E-state index >= 15 is 0 Å². The number of rotatable bonds is 49. The Labute approximate surface area is 453 Å². The summed E-state index contributed by atoms with van der Waals surface area (Å²) in [5, 5.41) is 72.3. The fraction of sp³-hybridized carbons (Fsp3) is 0.900. The Morgan fingerprint density at radius 3 is 1.27 bits per heavy atom. The summed E-state index contributed by atoms with van der Waals surface area (Å²) in [5.41, 5.74) is 0. The number of aliphatic hydroxyl groups is 7. The van der Waals surface area contributed by atoms with Gasteiger partial charge in [0.25, 0.3) is 0 Å². The molecule has 0 aromatic carbocycles. The lowest BCUT2D eigenvalue weighted by Gasteiger charge is -2.42. The summed E-state index contributed by atoms with van der Waals surface area (Å²) in [6, 6.07) is 0. The van der Waals surface area contributed by atoms with Gasteiger partial charge in [-0.25, -0.2) is 0 Å². The zero-order valence-electron chi connectivity index (χ0n) is 47.0. The van der Waals surface area contributed by atoms with Crippen molar-refractivity contribution in [3.05, 3.63) is 24.3 Å². The number of hydrogen-bond acceptors (Lipinski definition) is 15. The Balaban J connectivity index is 1.72. The molecule has 0 spiro atoms. The van der Waals surface area contributed by atoms with Crippen molar-refractivity contribution in [3.63, 3.8) is 0 Å². The van der Waals surface area contributed by atoms with Crippen molar-refractivity contribution in [2.75, 3.05) is 26.4 Å². The van der Waals surface area contributed by atoms with E-state index in [1.165, 1.54) is 148 Å². The summed E-state index contributed by atoms with van der Waals surface area (Å²) < 4.78 is 33.7. The summed E-state index contributed by atoms with van der Waals surface area (Å²) in [6.45, 7) is 2.61. The van der Waals surface area contributed by atoms with E-state index in [9.17, 15) is 45.3 Å². The van der Waals surface area contributed by atoms with Gasteiger partial charge in [-0.3, -0.25) is 9.59 Å². The average Bonchev–Trinajstić information content (AvgIpc) is 3.40. The molecular weight excluding hydrogens is 961 g/mol. The van der Waals surface area contributed by atoms with E-state index in [1.807, 2.05) is 0 Å². The normalized spacial score (nSPS) is 24.6. The van der Waals surface area contributed by atoms with Crippen molar-refractivity contribution in [3.8, 4) is 0 Å². The summed E-state index contributed by atoms with van der Waals surface area (Å²) in [4.78, 5) is 25.9. The SMILES string of the molecule is CCCCC/C=C/C/C=C/CCCCCCCCCC(=O)O[C@@H](COC(=O)CCCCCCCCCCCCCCCCCCCCCCCC)CO[C@@H]1O[C@H](CO[C@@H]2O[C@H](CO)[C@H](O)C(O)C2O)[C@H](O)C(O)C1O. The number of carbonyl (C=O) groups excluding carboxylic acids is 2. The van der Waals surface area contributed by atoms with Gasteiger partial charge in [0.1, 0.15) is 55.4 Å². The topological polar surface area (TPSA) is 231 Å². The molecule has 75 heavy (non-hydrogen) atoms. The van der Waals surface area contributed by atoms with E-state index < -0.39 is 92.7 Å². The van der Waals surface area contributed by atoms with Gasteiger partial charge >= 0.3 is 11.9 Å². The maximum Gasteiger partial charge on any atom is 0.306 e. The second kappa shape index (κ2) is 46.9. The highest BCUT2D eigenvalue weighted by atomic mass is 16.7. The van der Waals surface area contributed by atoms with Crippen LogP contribution in [-0.4, -0.2) is 142 Å². The molecule has 0 saturated carbocycles. The van der Waals surface area contributed by atoms with Crippen LogP contribution in [0.3, 0.4) is 0 Å². The molecule has 2 aliphatic rings. The number of aliphatic hydroxyl groups excluding tert-OH is 7. The molecule has 4 unspecified atom stereocenters. The number of esters is 2. The third-order valence-electron chi connectivity index (χ3n) is 14.7. The summed E-state index contributed by atoms with van der Waals surface area (Å²) in [7, 11) is 0. The monoisotopic (exact) mass is 1070 g/mol. The van der Waals surface area contributed by atoms with Crippen LogP contribution in [0.15, 0.2) is 24.3 Å². The maximum absolute atomic E-state index is 13.1. The fourth-order valence-corrected chi connectivity index (χ4v) is 9.72. The lowest BCUT2D eigenvalue weighted by atomic mass is 9.98. The van der Waals surface area contributed by atoms with Crippen molar-refractivity contribution in [2.45, 2.75) is 319 Å². The van der Waals surface area contributed by atoms with Crippen LogP contribution in [0.2, 0.25) is 0 Å². The molecule has 0 bridgehead atoms. The third-order valence-corrected chi connectivity index (χ3v) is 14.7. The van der Waals surface area contributed by atoms with Gasteiger partial charge in [-0.2, -0.15) is 0 Å². The van der Waals surface area contributed by atoms with Gasteiger partial charge in [-0.15, -0.1) is 0 Å². The predicted octanol–water partition coefficient (Wildman–Crippen LogP) is 10.7. The van der Waals surface area contributed by atoms with E-state index in [1.54, 1.807) is 0 Å². The number of unbranched alkanes of at least 4 members (excludes halogenated alkanes) is 31. The molecule has 7 N–H and O–H groups in total. The van der Waals surface area contributed by atoms with Gasteiger partial charge in [0.15, 0.2) is 18.7 Å². The summed E-state index contributed by atoms with van der Waals surface area (Å²) >= 11 is 0. The molecular formula is C60H110O15. The van der Waals surface area contributed by atoms with Gasteiger partial charge in [-0.05, 0) is 44.9 Å². The van der Waals surface area contributed by atoms with E-state index in [0.717, 1.165) is 64.2 Å². The van der Waals surface area contributed by atoms with Gasteiger partial charge in [0.05, 0.1) is 19.8 Å². The lowest BCUT2D eigenvalue weighted by molar-refractivity contribution is -0.332. The van der Waals surface area contributed by atoms with E-state index in [-0.39, 0.29) is 26.1 Å². The van der Waals surface area contributed by atoms with Crippen LogP contribution in [0.5, 0.6) is 0 Å². The molecule has 0 amide bonds. The Bertz CT molecular complexity index is 1400. The zero-order valence-corrected chi connectivity index (χ0v) is 47.0. The van der Waals surface area contributed by atoms with Gasteiger partial charge in [-0.1, -0.05) is 218 Å². The minimum absolute atomic E-state index is 0.159. The number of carbonyl (C=O) groups is 2. The first-order valence-corrected chi connectivity index (χ1v) is 30.4. The summed E-state index contributed by atoms with van der Waals surface area (Å²) in [6.07, 6.45) is 34.8. The molecule has 2 fully saturated rings. The molecule has 2 saturated heterocycles. The van der Waals surface area contributed by atoms with Gasteiger partial charge < -0.3 is 64.2 Å². The van der Waals surface area contributed by atoms with Crippen molar-refractivity contribution in [1.82, 2.24) is 0 Å². The average molecular weight is 1070 g/mol. The Kier molecular flexibility index (Phi) is 43.2. The van der Waals surface area contributed by atoms with Crippen LogP contribution >= 0.6 is 0 Å². The number of hydrogen-bond donors (Lipinski definition) is 7. The molecule has 11 atom stereocenters. The highest BCUT2D eigenvalue weighted by Gasteiger charge is 2.47. The Hall–Kier alpha value is -2.02. The number of ether oxygens (including phenoxy) is 6. The van der Waals surface area contributed by atoms with Crippen molar-refractivity contribution < 1.29 is 73.8 Å². The second-order valence-corrected chi connectivity index (χ2v) is 21.5. The van der Waals surface area contributed by atoms with Crippen molar-refractivity contribution >= 4 is 11.9 Å². The first-order valence-electron chi connectivity index (χ1n) is 30.4. The number of allylic oxidation sites excluding steroid dienone is 4. The van der Waals surface area contributed by atoms with E-state index in [2.05, 4.69) is 38.2 Å². The Morgan fingerprint density at radius 2 is 0.800 bits per heavy atom. The molecule has 2 aliphatic heterocycles. The highest BCUT2D eigenvalue weighted by molar-refractivity contribution is 5.70. The molecule has 0 radical (unpaired) electrons. The smallest absolute Gasteiger partial charge is 0.306 e. The minimum Gasteiger partial charge on any atom is -0.462 e.